The summed E-state index contributed by atoms with van der Waals surface area (Å²) in [6.45, 7) is 14.1. The zero-order valence-electron chi connectivity index (χ0n) is 9.81. The molecule has 0 bridgehead atoms. The molecule has 14 heavy (non-hydrogen) atoms. The van der Waals surface area contributed by atoms with Gasteiger partial charge in [0.15, 0.2) is 0 Å². The summed E-state index contributed by atoms with van der Waals surface area (Å²) >= 11 is 0. The van der Waals surface area contributed by atoms with Gasteiger partial charge in [0.1, 0.15) is 0 Å². The van der Waals surface area contributed by atoms with E-state index in [0.717, 1.165) is 5.57 Å². The van der Waals surface area contributed by atoms with Crippen LogP contribution in [-0.2, 0) is 0 Å². The van der Waals surface area contributed by atoms with Crippen LogP contribution in [0, 0.1) is 16.7 Å². The van der Waals surface area contributed by atoms with E-state index in [-0.39, 0.29) is 5.41 Å². The van der Waals surface area contributed by atoms with Crippen molar-refractivity contribution in [3.8, 4) is 6.07 Å². The number of nitrogens with zero attached hydrogens (tertiary/aromatic N) is 1. The smallest absolute Gasteiger partial charge is 0.0994 e. The van der Waals surface area contributed by atoms with Gasteiger partial charge in [-0.3, -0.25) is 0 Å². The monoisotopic (exact) mass is 189 g/mol. The van der Waals surface area contributed by atoms with Crippen LogP contribution in [-0.4, -0.2) is 0 Å². The molecular weight excluding hydrogens is 170 g/mol. The normalized spacial score (nSPS) is 11.9. The maximum absolute atomic E-state index is 8.96. The van der Waals surface area contributed by atoms with Crippen LogP contribution < -0.4 is 0 Å². The zero-order chi connectivity index (χ0) is 11.4. The lowest BCUT2D eigenvalue weighted by Gasteiger charge is -2.20. The molecule has 0 saturated carbocycles. The highest BCUT2D eigenvalue weighted by atomic mass is 14.3. The molecule has 1 nitrogen and oxygen atoms in total. The first kappa shape index (κ1) is 12.7. The van der Waals surface area contributed by atoms with Crippen LogP contribution in [0.5, 0.6) is 0 Å². The standard InChI is InChI=1S/C13H19N/c1-10(2)7-8-12(9-14)11(3)13(4,5)6/h7-8H,3H2,1-2,4-6H3/b12-8-. The highest BCUT2D eigenvalue weighted by Gasteiger charge is 2.17. The van der Waals surface area contributed by atoms with E-state index in [1.807, 2.05) is 26.0 Å². The van der Waals surface area contributed by atoms with Gasteiger partial charge in [-0.05, 0) is 30.9 Å². The molecule has 0 aromatic carbocycles. The molecule has 0 N–H and O–H groups in total. The Hall–Kier alpha value is -1.29. The Labute approximate surface area is 87.4 Å². The molecule has 0 spiro atoms. The van der Waals surface area contributed by atoms with Crippen LogP contribution >= 0.6 is 0 Å². The summed E-state index contributed by atoms with van der Waals surface area (Å²) in [7, 11) is 0. The van der Waals surface area contributed by atoms with Gasteiger partial charge in [-0.15, -0.1) is 0 Å². The van der Waals surface area contributed by atoms with Crippen molar-refractivity contribution in [2.75, 3.05) is 0 Å². The minimum absolute atomic E-state index is 0.0446. The lowest BCUT2D eigenvalue weighted by molar-refractivity contribution is 0.515. The molecule has 0 aromatic rings. The van der Waals surface area contributed by atoms with E-state index in [0.29, 0.717) is 5.57 Å². The van der Waals surface area contributed by atoms with Crippen LogP contribution in [0.3, 0.4) is 0 Å². The number of hydrogen-bond acceptors (Lipinski definition) is 1. The van der Waals surface area contributed by atoms with Crippen LogP contribution in [0.15, 0.2) is 35.5 Å². The molecule has 0 radical (unpaired) electrons. The maximum Gasteiger partial charge on any atom is 0.0994 e. The van der Waals surface area contributed by atoms with Crippen molar-refractivity contribution in [3.05, 3.63) is 35.5 Å². The molecular formula is C13H19N. The third kappa shape index (κ3) is 4.09. The van der Waals surface area contributed by atoms with Crippen molar-refractivity contribution in [1.82, 2.24) is 0 Å². The summed E-state index contributed by atoms with van der Waals surface area (Å²) < 4.78 is 0. The van der Waals surface area contributed by atoms with Crippen molar-refractivity contribution in [2.24, 2.45) is 5.41 Å². The Balaban J connectivity index is 4.96. The van der Waals surface area contributed by atoms with Crippen LogP contribution in [0.2, 0.25) is 0 Å². The SMILES string of the molecule is C=C(/C(C#N)=C\C=C(C)C)C(C)(C)C. The van der Waals surface area contributed by atoms with Gasteiger partial charge in [0.2, 0.25) is 0 Å². The van der Waals surface area contributed by atoms with Gasteiger partial charge in [-0.1, -0.05) is 39.0 Å². The van der Waals surface area contributed by atoms with E-state index in [4.69, 9.17) is 5.26 Å². The number of nitriles is 1. The Bertz CT molecular complexity index is 312. The average Bonchev–Trinajstić information content (AvgIpc) is 2.03. The van der Waals surface area contributed by atoms with E-state index in [1.54, 1.807) is 0 Å². The average molecular weight is 189 g/mol. The van der Waals surface area contributed by atoms with Crippen LogP contribution in [0.1, 0.15) is 34.6 Å². The zero-order valence-corrected chi connectivity index (χ0v) is 9.81. The first-order valence-corrected chi connectivity index (χ1v) is 4.74. The minimum Gasteiger partial charge on any atom is -0.192 e. The second-order valence-electron chi connectivity index (χ2n) is 4.66. The fourth-order valence-electron chi connectivity index (χ4n) is 0.859. The Morgan fingerprint density at radius 1 is 1.21 bits per heavy atom. The van der Waals surface area contributed by atoms with Gasteiger partial charge in [-0.25, -0.2) is 0 Å². The van der Waals surface area contributed by atoms with Crippen molar-refractivity contribution in [3.63, 3.8) is 0 Å². The third-order valence-corrected chi connectivity index (χ3v) is 1.93. The molecule has 0 fully saturated rings. The Morgan fingerprint density at radius 3 is 2.00 bits per heavy atom. The summed E-state index contributed by atoms with van der Waals surface area (Å²) in [6.07, 6.45) is 3.78. The fraction of sp³-hybridized carbons (Fsp3) is 0.462. The summed E-state index contributed by atoms with van der Waals surface area (Å²) in [5.41, 5.74) is 2.69. The first-order valence-electron chi connectivity index (χ1n) is 4.74. The molecule has 0 amide bonds. The summed E-state index contributed by atoms with van der Waals surface area (Å²) in [5, 5.41) is 8.96. The molecule has 0 aliphatic rings. The van der Waals surface area contributed by atoms with E-state index in [9.17, 15) is 0 Å². The van der Waals surface area contributed by atoms with Gasteiger partial charge < -0.3 is 0 Å². The minimum atomic E-state index is -0.0446. The maximum atomic E-state index is 8.96. The van der Waals surface area contributed by atoms with Crippen molar-refractivity contribution < 1.29 is 0 Å². The Morgan fingerprint density at radius 2 is 1.71 bits per heavy atom. The van der Waals surface area contributed by atoms with Gasteiger partial charge >= 0.3 is 0 Å². The van der Waals surface area contributed by atoms with Crippen LogP contribution in [0.25, 0.3) is 0 Å². The lowest BCUT2D eigenvalue weighted by Crippen LogP contribution is -2.09. The summed E-state index contributed by atoms with van der Waals surface area (Å²) in [5.74, 6) is 0. The third-order valence-electron chi connectivity index (χ3n) is 1.93. The molecule has 0 atom stereocenters. The summed E-state index contributed by atoms with van der Waals surface area (Å²) in [6, 6.07) is 2.18. The molecule has 0 saturated heterocycles. The quantitative estimate of drug-likeness (QED) is 0.475. The van der Waals surface area contributed by atoms with Crippen LogP contribution in [0.4, 0.5) is 0 Å². The van der Waals surface area contributed by atoms with Gasteiger partial charge in [0, 0.05) is 0 Å². The summed E-state index contributed by atoms with van der Waals surface area (Å²) in [4.78, 5) is 0. The highest BCUT2D eigenvalue weighted by molar-refractivity contribution is 5.45. The van der Waals surface area contributed by atoms with Crippen molar-refractivity contribution >= 4 is 0 Å². The molecule has 76 valence electrons. The largest absolute Gasteiger partial charge is 0.192 e. The molecule has 0 rings (SSSR count). The lowest BCUT2D eigenvalue weighted by atomic mass is 9.83. The molecule has 1 heteroatoms. The van der Waals surface area contributed by atoms with E-state index >= 15 is 0 Å². The molecule has 0 aromatic heterocycles. The Kier molecular flexibility index (Phi) is 4.37. The highest BCUT2D eigenvalue weighted by Crippen LogP contribution is 2.29. The molecule has 0 aliphatic heterocycles. The van der Waals surface area contributed by atoms with Gasteiger partial charge in [0.25, 0.3) is 0 Å². The van der Waals surface area contributed by atoms with E-state index in [2.05, 4.69) is 33.4 Å². The second kappa shape index (κ2) is 4.81. The first-order chi connectivity index (χ1) is 6.29. The molecule has 0 heterocycles. The predicted molar refractivity (Wildman–Crippen MR) is 61.7 cm³/mol. The van der Waals surface area contributed by atoms with E-state index in [1.165, 1.54) is 5.57 Å². The molecule has 0 aliphatic carbocycles. The molecule has 0 unspecified atom stereocenters. The van der Waals surface area contributed by atoms with Gasteiger partial charge in [-0.2, -0.15) is 5.26 Å². The number of hydrogen-bond donors (Lipinski definition) is 0. The topological polar surface area (TPSA) is 23.8 Å². The number of allylic oxidation sites excluding steroid dienone is 5. The van der Waals surface area contributed by atoms with Crippen molar-refractivity contribution in [2.45, 2.75) is 34.6 Å². The van der Waals surface area contributed by atoms with Crippen molar-refractivity contribution in [1.29, 1.82) is 5.26 Å². The predicted octanol–water partition coefficient (Wildman–Crippen LogP) is 4.00. The van der Waals surface area contributed by atoms with E-state index < -0.39 is 0 Å². The number of rotatable bonds is 2. The fourth-order valence-corrected chi connectivity index (χ4v) is 0.859. The second-order valence-corrected chi connectivity index (χ2v) is 4.66. The van der Waals surface area contributed by atoms with Gasteiger partial charge in [0.05, 0.1) is 11.6 Å².